The molecule has 3 aromatic rings. The molecule has 0 aliphatic carbocycles. The number of amides is 1. The Bertz CT molecular complexity index is 1330. The average Bonchev–Trinajstić information content (AvgIpc) is 3.51. The second kappa shape index (κ2) is 11.1. The molecule has 1 unspecified atom stereocenters. The standard InChI is InChI=1S/C27H26ClNO7S/c1-5-36-19-11-15(8-9-18(19)28)24(30)22-23(16-12-20(33-2)26(35-4)21(13-16)34-3)29(27(32)25(22)31)14-17-7-6-10-37-17/h6-13,23,30H,5,14H2,1-4H3/b24-22+. The molecule has 10 heteroatoms. The smallest absolute Gasteiger partial charge is 0.295 e. The van der Waals surface area contributed by atoms with Gasteiger partial charge >= 0.3 is 0 Å². The zero-order valence-corrected chi connectivity index (χ0v) is 22.3. The van der Waals surface area contributed by atoms with Crippen molar-refractivity contribution in [2.24, 2.45) is 0 Å². The molecule has 2 aromatic carbocycles. The normalized spacial score (nSPS) is 16.7. The van der Waals surface area contributed by atoms with Gasteiger partial charge in [0.2, 0.25) is 5.75 Å². The Labute approximate surface area is 223 Å². The highest BCUT2D eigenvalue weighted by atomic mass is 35.5. The Hall–Kier alpha value is -3.69. The highest BCUT2D eigenvalue weighted by Gasteiger charge is 2.46. The van der Waals surface area contributed by atoms with Crippen LogP contribution in [0.3, 0.4) is 0 Å². The quantitative estimate of drug-likeness (QED) is 0.218. The second-order valence-corrected chi connectivity index (χ2v) is 9.48. The third kappa shape index (κ3) is 4.97. The molecule has 194 valence electrons. The van der Waals surface area contributed by atoms with Crippen LogP contribution in [-0.2, 0) is 16.1 Å². The van der Waals surface area contributed by atoms with Gasteiger partial charge in [-0.1, -0.05) is 17.7 Å². The van der Waals surface area contributed by atoms with Crippen molar-refractivity contribution in [2.75, 3.05) is 27.9 Å². The monoisotopic (exact) mass is 543 g/mol. The number of hydrogen-bond donors (Lipinski definition) is 1. The van der Waals surface area contributed by atoms with Gasteiger partial charge in [0.15, 0.2) is 11.5 Å². The summed E-state index contributed by atoms with van der Waals surface area (Å²) in [7, 11) is 4.44. The number of ether oxygens (including phenoxy) is 4. The lowest BCUT2D eigenvalue weighted by Crippen LogP contribution is -2.29. The third-order valence-electron chi connectivity index (χ3n) is 5.95. The number of thiophene rings is 1. The molecule has 4 rings (SSSR count). The second-order valence-electron chi connectivity index (χ2n) is 8.04. The van der Waals surface area contributed by atoms with E-state index in [1.165, 1.54) is 37.6 Å². The molecule has 1 aliphatic rings. The predicted molar refractivity (Wildman–Crippen MR) is 141 cm³/mol. The van der Waals surface area contributed by atoms with E-state index in [2.05, 4.69) is 0 Å². The van der Waals surface area contributed by atoms with Crippen molar-refractivity contribution in [2.45, 2.75) is 19.5 Å². The number of methoxy groups -OCH3 is 3. The van der Waals surface area contributed by atoms with Gasteiger partial charge in [0.1, 0.15) is 11.5 Å². The molecule has 1 aromatic heterocycles. The molecule has 0 bridgehead atoms. The van der Waals surface area contributed by atoms with Crippen molar-refractivity contribution in [1.82, 2.24) is 4.90 Å². The first-order chi connectivity index (χ1) is 17.8. The highest BCUT2D eigenvalue weighted by Crippen LogP contribution is 2.46. The number of aliphatic hydroxyl groups is 1. The van der Waals surface area contributed by atoms with E-state index in [1.807, 2.05) is 24.4 Å². The molecular weight excluding hydrogens is 518 g/mol. The number of rotatable bonds is 9. The molecular formula is C27H26ClNO7S. The maximum Gasteiger partial charge on any atom is 0.295 e. The van der Waals surface area contributed by atoms with E-state index in [4.69, 9.17) is 30.5 Å². The summed E-state index contributed by atoms with van der Waals surface area (Å²) in [5.74, 6) is -0.461. The summed E-state index contributed by atoms with van der Waals surface area (Å²) < 4.78 is 22.0. The van der Waals surface area contributed by atoms with Crippen molar-refractivity contribution in [1.29, 1.82) is 0 Å². The van der Waals surface area contributed by atoms with Crippen molar-refractivity contribution in [3.05, 3.63) is 74.4 Å². The van der Waals surface area contributed by atoms with Crippen molar-refractivity contribution in [3.63, 3.8) is 0 Å². The van der Waals surface area contributed by atoms with Gasteiger partial charge in [0, 0.05) is 10.4 Å². The van der Waals surface area contributed by atoms with Crippen LogP contribution < -0.4 is 18.9 Å². The SMILES string of the molecule is CCOc1cc(/C(O)=C2\C(=O)C(=O)N(Cc3cccs3)C2c2cc(OC)c(OC)c(OC)c2)ccc1Cl. The van der Waals surface area contributed by atoms with Crippen LogP contribution in [0.1, 0.15) is 29.0 Å². The number of ketones is 1. The van der Waals surface area contributed by atoms with Crippen LogP contribution in [0.5, 0.6) is 23.0 Å². The van der Waals surface area contributed by atoms with Crippen LogP contribution in [0.2, 0.25) is 5.02 Å². The molecule has 1 atom stereocenters. The molecule has 0 spiro atoms. The molecule has 8 nitrogen and oxygen atoms in total. The van der Waals surface area contributed by atoms with E-state index >= 15 is 0 Å². The number of benzene rings is 2. The lowest BCUT2D eigenvalue weighted by atomic mass is 9.94. The summed E-state index contributed by atoms with van der Waals surface area (Å²) >= 11 is 7.69. The van der Waals surface area contributed by atoms with E-state index in [9.17, 15) is 14.7 Å². The Kier molecular flexibility index (Phi) is 7.94. The van der Waals surface area contributed by atoms with Gasteiger partial charge in [-0.2, -0.15) is 0 Å². The van der Waals surface area contributed by atoms with Crippen LogP contribution in [0.15, 0.2) is 53.4 Å². The van der Waals surface area contributed by atoms with Gasteiger partial charge in [-0.3, -0.25) is 9.59 Å². The van der Waals surface area contributed by atoms with Gasteiger partial charge in [0.25, 0.3) is 11.7 Å². The van der Waals surface area contributed by atoms with Crippen molar-refractivity contribution >= 4 is 40.4 Å². The van der Waals surface area contributed by atoms with Gasteiger partial charge in [0.05, 0.1) is 51.1 Å². The maximum atomic E-state index is 13.4. The van der Waals surface area contributed by atoms with Crippen molar-refractivity contribution in [3.8, 4) is 23.0 Å². The fraction of sp³-hybridized carbons (Fsp3) is 0.259. The molecule has 0 radical (unpaired) electrons. The first-order valence-corrected chi connectivity index (χ1v) is 12.6. The largest absolute Gasteiger partial charge is 0.507 e. The summed E-state index contributed by atoms with van der Waals surface area (Å²) in [6, 6.07) is 10.8. The van der Waals surface area contributed by atoms with Gasteiger partial charge in [-0.05, 0) is 54.3 Å². The predicted octanol–water partition coefficient (Wildman–Crippen LogP) is 5.45. The molecule has 1 aliphatic heterocycles. The first kappa shape index (κ1) is 26.4. The van der Waals surface area contributed by atoms with Gasteiger partial charge in [-0.25, -0.2) is 0 Å². The van der Waals surface area contributed by atoms with E-state index in [1.54, 1.807) is 30.3 Å². The number of nitrogens with zero attached hydrogens (tertiary/aromatic N) is 1. The summed E-state index contributed by atoms with van der Waals surface area (Å²) in [6.45, 7) is 2.34. The van der Waals surface area contributed by atoms with E-state index in [0.717, 1.165) is 4.88 Å². The number of hydrogen-bond acceptors (Lipinski definition) is 8. The minimum absolute atomic E-state index is 0.0689. The van der Waals surface area contributed by atoms with Crippen LogP contribution in [-0.4, -0.2) is 49.6 Å². The number of carbonyl (C=O) groups is 2. The number of likely N-dealkylation sites (tertiary alicyclic amines) is 1. The molecule has 1 fully saturated rings. The van der Waals surface area contributed by atoms with Crippen LogP contribution >= 0.6 is 22.9 Å². The van der Waals surface area contributed by atoms with Crippen LogP contribution in [0.4, 0.5) is 0 Å². The average molecular weight is 544 g/mol. The molecule has 0 saturated carbocycles. The Morgan fingerprint density at radius 2 is 1.73 bits per heavy atom. The fourth-order valence-corrected chi connectivity index (χ4v) is 5.17. The minimum Gasteiger partial charge on any atom is -0.507 e. The zero-order valence-electron chi connectivity index (χ0n) is 20.7. The summed E-state index contributed by atoms with van der Waals surface area (Å²) in [5, 5.41) is 13.7. The minimum atomic E-state index is -0.929. The molecule has 37 heavy (non-hydrogen) atoms. The topological polar surface area (TPSA) is 94.5 Å². The third-order valence-corrected chi connectivity index (χ3v) is 7.13. The Balaban J connectivity index is 1.94. The lowest BCUT2D eigenvalue weighted by Gasteiger charge is -2.26. The first-order valence-electron chi connectivity index (χ1n) is 11.4. The zero-order chi connectivity index (χ0) is 26.7. The molecule has 2 heterocycles. The highest BCUT2D eigenvalue weighted by molar-refractivity contribution is 7.09. The van der Waals surface area contributed by atoms with Gasteiger partial charge < -0.3 is 29.0 Å². The van der Waals surface area contributed by atoms with Gasteiger partial charge in [-0.15, -0.1) is 11.3 Å². The molecule has 1 saturated heterocycles. The molecule has 1 amide bonds. The van der Waals surface area contributed by atoms with Crippen LogP contribution in [0, 0.1) is 0 Å². The number of halogens is 1. The Morgan fingerprint density at radius 3 is 2.30 bits per heavy atom. The summed E-state index contributed by atoms with van der Waals surface area (Å²) in [5.41, 5.74) is 0.728. The lowest BCUT2D eigenvalue weighted by molar-refractivity contribution is -0.140. The Morgan fingerprint density at radius 1 is 1.03 bits per heavy atom. The maximum absolute atomic E-state index is 13.4. The van der Waals surface area contributed by atoms with E-state index in [-0.39, 0.29) is 17.9 Å². The number of aliphatic hydroxyl groups excluding tert-OH is 1. The summed E-state index contributed by atoms with van der Waals surface area (Å²) in [6.07, 6.45) is 0. The van der Waals surface area contributed by atoms with Crippen LogP contribution in [0.25, 0.3) is 5.76 Å². The summed E-state index contributed by atoms with van der Waals surface area (Å²) in [4.78, 5) is 29.0. The fourth-order valence-electron chi connectivity index (χ4n) is 4.29. The molecule has 1 N–H and O–H groups in total. The van der Waals surface area contributed by atoms with E-state index in [0.29, 0.717) is 45.8 Å². The van der Waals surface area contributed by atoms with E-state index < -0.39 is 17.7 Å². The number of Topliss-reactive ketones (excluding diaryl/α,β-unsaturated/α-hetero) is 1. The number of carbonyl (C=O) groups excluding carboxylic acids is 2. The van der Waals surface area contributed by atoms with Crippen molar-refractivity contribution < 1.29 is 33.6 Å².